The van der Waals surface area contributed by atoms with Gasteiger partial charge in [0.15, 0.2) is 0 Å². The highest BCUT2D eigenvalue weighted by Gasteiger charge is 2.41. The van der Waals surface area contributed by atoms with Crippen LogP contribution < -0.4 is 0 Å². The highest BCUT2D eigenvalue weighted by atomic mass is 35.5. The SMILES string of the molecule is Clc1ccc(CN2C3CCC2CC(n2cccn2)C3)cc1Cl. The van der Waals surface area contributed by atoms with Crippen molar-refractivity contribution in [3.05, 3.63) is 52.3 Å². The molecule has 2 bridgehead atoms. The molecule has 2 fully saturated rings. The Bertz CT molecular complexity index is 642. The molecule has 0 aliphatic carbocycles. The van der Waals surface area contributed by atoms with Gasteiger partial charge >= 0.3 is 0 Å². The molecule has 3 nitrogen and oxygen atoms in total. The first-order chi connectivity index (χ1) is 10.7. The largest absolute Gasteiger partial charge is 0.293 e. The minimum absolute atomic E-state index is 0.553. The van der Waals surface area contributed by atoms with Gasteiger partial charge < -0.3 is 0 Å². The molecule has 2 unspecified atom stereocenters. The Balaban J connectivity index is 1.49. The Morgan fingerprint density at radius 1 is 1.05 bits per heavy atom. The van der Waals surface area contributed by atoms with E-state index in [1.165, 1.54) is 31.2 Å². The van der Waals surface area contributed by atoms with Gasteiger partial charge in [0.1, 0.15) is 0 Å². The van der Waals surface area contributed by atoms with Crippen LogP contribution in [0.3, 0.4) is 0 Å². The number of hydrogen-bond acceptors (Lipinski definition) is 2. The van der Waals surface area contributed by atoms with Gasteiger partial charge in [-0.05, 0) is 49.4 Å². The van der Waals surface area contributed by atoms with E-state index in [0.29, 0.717) is 28.2 Å². The molecular formula is C17H19Cl2N3. The number of fused-ring (bicyclic) bond motifs is 2. The van der Waals surface area contributed by atoms with Gasteiger partial charge in [-0.15, -0.1) is 0 Å². The Morgan fingerprint density at radius 3 is 2.45 bits per heavy atom. The van der Waals surface area contributed by atoms with Crippen LogP contribution in [-0.4, -0.2) is 26.8 Å². The van der Waals surface area contributed by atoms with Crippen molar-refractivity contribution in [2.24, 2.45) is 0 Å². The third-order valence-corrected chi connectivity index (χ3v) is 5.85. The van der Waals surface area contributed by atoms with Crippen LogP contribution in [0, 0.1) is 0 Å². The zero-order valence-electron chi connectivity index (χ0n) is 12.3. The molecule has 0 N–H and O–H groups in total. The van der Waals surface area contributed by atoms with E-state index in [9.17, 15) is 0 Å². The molecule has 0 amide bonds. The number of piperidine rings is 1. The van der Waals surface area contributed by atoms with E-state index in [1.807, 2.05) is 24.4 Å². The molecular weight excluding hydrogens is 317 g/mol. The van der Waals surface area contributed by atoms with E-state index in [1.54, 1.807) is 0 Å². The fraction of sp³-hybridized carbons (Fsp3) is 0.471. The molecule has 1 aromatic carbocycles. The number of aromatic nitrogens is 2. The maximum atomic E-state index is 6.15. The zero-order chi connectivity index (χ0) is 15.1. The number of rotatable bonds is 3. The predicted octanol–water partition coefficient (Wildman–Crippen LogP) is 4.56. The molecule has 0 radical (unpaired) electrons. The molecule has 2 saturated heterocycles. The maximum Gasteiger partial charge on any atom is 0.0595 e. The summed E-state index contributed by atoms with van der Waals surface area (Å²) >= 11 is 12.2. The third-order valence-electron chi connectivity index (χ3n) is 5.11. The third kappa shape index (κ3) is 2.66. The molecule has 1 aromatic heterocycles. The summed E-state index contributed by atoms with van der Waals surface area (Å²) in [5.74, 6) is 0. The Morgan fingerprint density at radius 2 is 1.82 bits per heavy atom. The summed E-state index contributed by atoms with van der Waals surface area (Å²) in [6, 6.07) is 9.87. The van der Waals surface area contributed by atoms with Gasteiger partial charge in [-0.1, -0.05) is 29.3 Å². The molecule has 116 valence electrons. The molecule has 0 spiro atoms. The number of hydrogen-bond donors (Lipinski definition) is 0. The monoisotopic (exact) mass is 335 g/mol. The lowest BCUT2D eigenvalue weighted by Crippen LogP contribution is -2.42. The molecule has 5 heteroatoms. The molecule has 2 aliphatic heterocycles. The summed E-state index contributed by atoms with van der Waals surface area (Å²) in [5.41, 5.74) is 1.25. The van der Waals surface area contributed by atoms with Crippen molar-refractivity contribution in [2.45, 2.75) is 50.4 Å². The van der Waals surface area contributed by atoms with Crippen LogP contribution in [0.15, 0.2) is 36.7 Å². The van der Waals surface area contributed by atoms with E-state index in [4.69, 9.17) is 23.2 Å². The van der Waals surface area contributed by atoms with Crippen molar-refractivity contribution in [3.8, 4) is 0 Å². The molecule has 2 atom stereocenters. The molecule has 2 aromatic rings. The summed E-state index contributed by atoms with van der Waals surface area (Å²) in [4.78, 5) is 2.65. The molecule has 4 rings (SSSR count). The van der Waals surface area contributed by atoms with Gasteiger partial charge in [-0.2, -0.15) is 5.10 Å². The second kappa shape index (κ2) is 5.88. The van der Waals surface area contributed by atoms with E-state index >= 15 is 0 Å². The summed E-state index contributed by atoms with van der Waals surface area (Å²) in [7, 11) is 0. The van der Waals surface area contributed by atoms with Crippen molar-refractivity contribution in [1.29, 1.82) is 0 Å². The lowest BCUT2D eigenvalue weighted by molar-refractivity contribution is 0.0951. The van der Waals surface area contributed by atoms with E-state index in [-0.39, 0.29) is 0 Å². The number of benzene rings is 1. The Labute approximate surface area is 140 Å². The van der Waals surface area contributed by atoms with Crippen LogP contribution in [0.2, 0.25) is 10.0 Å². The van der Waals surface area contributed by atoms with Crippen molar-refractivity contribution < 1.29 is 0 Å². The molecule has 0 saturated carbocycles. The summed E-state index contributed by atoms with van der Waals surface area (Å²) in [6.07, 6.45) is 8.95. The first-order valence-corrected chi connectivity index (χ1v) is 8.65. The topological polar surface area (TPSA) is 21.1 Å². The highest BCUT2D eigenvalue weighted by Crippen LogP contribution is 2.41. The summed E-state index contributed by atoms with van der Waals surface area (Å²) in [6.45, 7) is 0.970. The van der Waals surface area contributed by atoms with Crippen LogP contribution >= 0.6 is 23.2 Å². The lowest BCUT2D eigenvalue weighted by atomic mass is 9.96. The fourth-order valence-corrected chi connectivity index (χ4v) is 4.39. The molecule has 2 aliphatic rings. The minimum Gasteiger partial charge on any atom is -0.293 e. The van der Waals surface area contributed by atoms with Crippen molar-refractivity contribution in [1.82, 2.24) is 14.7 Å². The van der Waals surface area contributed by atoms with Gasteiger partial charge in [-0.3, -0.25) is 9.58 Å². The van der Waals surface area contributed by atoms with Crippen LogP contribution in [0.5, 0.6) is 0 Å². The average molecular weight is 336 g/mol. The van der Waals surface area contributed by atoms with Crippen molar-refractivity contribution in [2.75, 3.05) is 0 Å². The quantitative estimate of drug-likeness (QED) is 0.819. The number of nitrogens with zero attached hydrogens (tertiary/aromatic N) is 3. The van der Waals surface area contributed by atoms with Gasteiger partial charge in [0.2, 0.25) is 0 Å². The van der Waals surface area contributed by atoms with E-state index < -0.39 is 0 Å². The minimum atomic E-state index is 0.553. The molecule has 22 heavy (non-hydrogen) atoms. The van der Waals surface area contributed by atoms with Gasteiger partial charge in [0, 0.05) is 31.0 Å². The standard InChI is InChI=1S/C17H19Cl2N3/c18-16-5-2-12(8-17(16)19)11-21-13-3-4-14(21)10-15(9-13)22-7-1-6-20-22/h1-2,5-8,13-15H,3-4,9-11H2. The van der Waals surface area contributed by atoms with Crippen LogP contribution in [0.1, 0.15) is 37.3 Å². The first kappa shape index (κ1) is 14.6. The second-order valence-electron chi connectivity index (χ2n) is 6.42. The fourth-order valence-electron chi connectivity index (χ4n) is 4.07. The van der Waals surface area contributed by atoms with Crippen molar-refractivity contribution in [3.63, 3.8) is 0 Å². The highest BCUT2D eigenvalue weighted by molar-refractivity contribution is 6.42. The maximum absolute atomic E-state index is 6.15. The molecule has 3 heterocycles. The van der Waals surface area contributed by atoms with Gasteiger partial charge in [0.25, 0.3) is 0 Å². The second-order valence-corrected chi connectivity index (χ2v) is 7.23. The Kier molecular flexibility index (Phi) is 3.89. The normalized spacial score (nSPS) is 28.2. The van der Waals surface area contributed by atoms with E-state index in [0.717, 1.165) is 6.54 Å². The Hall–Kier alpha value is -1.03. The average Bonchev–Trinajstić information content (AvgIpc) is 3.10. The first-order valence-electron chi connectivity index (χ1n) is 7.89. The van der Waals surface area contributed by atoms with Crippen LogP contribution in [0.4, 0.5) is 0 Å². The smallest absolute Gasteiger partial charge is 0.0595 e. The van der Waals surface area contributed by atoms with Crippen LogP contribution in [-0.2, 0) is 6.54 Å². The lowest BCUT2D eigenvalue weighted by Gasteiger charge is -2.39. The van der Waals surface area contributed by atoms with Gasteiger partial charge in [-0.25, -0.2) is 0 Å². The summed E-state index contributed by atoms with van der Waals surface area (Å²) < 4.78 is 2.14. The predicted molar refractivity (Wildman–Crippen MR) is 89.3 cm³/mol. The van der Waals surface area contributed by atoms with E-state index in [2.05, 4.69) is 26.9 Å². The van der Waals surface area contributed by atoms with Crippen molar-refractivity contribution >= 4 is 23.2 Å². The summed E-state index contributed by atoms with van der Waals surface area (Å²) in [5, 5.41) is 5.71. The zero-order valence-corrected chi connectivity index (χ0v) is 13.8. The van der Waals surface area contributed by atoms with Crippen LogP contribution in [0.25, 0.3) is 0 Å². The van der Waals surface area contributed by atoms with Gasteiger partial charge in [0.05, 0.1) is 16.1 Å². The number of halogens is 2.